The Balaban J connectivity index is 1.95. The second-order valence-corrected chi connectivity index (χ2v) is 5.32. The van der Waals surface area contributed by atoms with Gasteiger partial charge < -0.3 is 10.1 Å². The van der Waals surface area contributed by atoms with Crippen molar-refractivity contribution in [1.29, 1.82) is 0 Å². The quantitative estimate of drug-likeness (QED) is 0.867. The van der Waals surface area contributed by atoms with Crippen molar-refractivity contribution in [2.24, 2.45) is 0 Å². The van der Waals surface area contributed by atoms with Crippen molar-refractivity contribution in [2.75, 3.05) is 33.4 Å². The molecule has 1 N–H and O–H groups in total. The number of benzene rings is 1. The molecular formula is C16H25FN2O. The van der Waals surface area contributed by atoms with Crippen LogP contribution in [0.2, 0.25) is 0 Å². The minimum atomic E-state index is -0.124. The van der Waals surface area contributed by atoms with Gasteiger partial charge in [0.1, 0.15) is 5.82 Å². The average Bonchev–Trinajstić information content (AvgIpc) is 2.50. The summed E-state index contributed by atoms with van der Waals surface area (Å²) in [5.74, 6) is -0.124. The van der Waals surface area contributed by atoms with Gasteiger partial charge >= 0.3 is 0 Å². The zero-order valence-electron chi connectivity index (χ0n) is 12.4. The lowest BCUT2D eigenvalue weighted by Gasteiger charge is -2.35. The standard InChI is InChI=1S/C16H25FN2O/c1-3-13-12-20-11-10-19(13)9-8-16(18-2)14-6-4-5-7-15(14)17/h4-7,13,16,18H,3,8-12H2,1-2H3. The fourth-order valence-electron chi connectivity index (χ4n) is 2.87. The molecule has 112 valence electrons. The number of rotatable bonds is 6. The maximum Gasteiger partial charge on any atom is 0.127 e. The molecule has 0 aromatic heterocycles. The lowest BCUT2D eigenvalue weighted by molar-refractivity contribution is -0.0100. The summed E-state index contributed by atoms with van der Waals surface area (Å²) >= 11 is 0. The zero-order chi connectivity index (χ0) is 14.4. The lowest BCUT2D eigenvalue weighted by Crippen LogP contribution is -2.46. The number of halogens is 1. The summed E-state index contributed by atoms with van der Waals surface area (Å²) in [6, 6.07) is 7.60. The average molecular weight is 280 g/mol. The van der Waals surface area contributed by atoms with Gasteiger partial charge in [0.25, 0.3) is 0 Å². The monoisotopic (exact) mass is 280 g/mol. The third-order valence-electron chi connectivity index (χ3n) is 4.15. The van der Waals surface area contributed by atoms with Gasteiger partial charge in [0.15, 0.2) is 0 Å². The molecule has 2 rings (SSSR count). The SMILES string of the molecule is CCC1COCCN1CCC(NC)c1ccccc1F. The van der Waals surface area contributed by atoms with Crippen LogP contribution in [0.3, 0.4) is 0 Å². The van der Waals surface area contributed by atoms with E-state index >= 15 is 0 Å². The molecule has 0 saturated carbocycles. The van der Waals surface area contributed by atoms with Crippen LogP contribution in [0.1, 0.15) is 31.4 Å². The highest BCUT2D eigenvalue weighted by molar-refractivity contribution is 5.21. The van der Waals surface area contributed by atoms with Crippen LogP contribution in [-0.4, -0.2) is 44.3 Å². The van der Waals surface area contributed by atoms with Gasteiger partial charge in [-0.1, -0.05) is 25.1 Å². The van der Waals surface area contributed by atoms with Crippen LogP contribution in [0.4, 0.5) is 4.39 Å². The maximum atomic E-state index is 13.9. The van der Waals surface area contributed by atoms with Gasteiger partial charge in [-0.3, -0.25) is 4.90 Å². The second kappa shape index (κ2) is 7.72. The van der Waals surface area contributed by atoms with Crippen LogP contribution in [-0.2, 0) is 4.74 Å². The number of ether oxygens (including phenoxy) is 1. The highest BCUT2D eigenvalue weighted by Crippen LogP contribution is 2.21. The minimum absolute atomic E-state index is 0.0663. The number of hydrogen-bond donors (Lipinski definition) is 1. The second-order valence-electron chi connectivity index (χ2n) is 5.32. The van der Waals surface area contributed by atoms with E-state index in [0.29, 0.717) is 6.04 Å². The maximum absolute atomic E-state index is 13.9. The van der Waals surface area contributed by atoms with Gasteiger partial charge in [-0.25, -0.2) is 4.39 Å². The molecule has 1 aliphatic rings. The molecule has 3 nitrogen and oxygen atoms in total. The normalized spacial score (nSPS) is 21.9. The third-order valence-corrected chi connectivity index (χ3v) is 4.15. The number of nitrogens with zero attached hydrogens (tertiary/aromatic N) is 1. The summed E-state index contributed by atoms with van der Waals surface area (Å²) in [6.45, 7) is 5.77. The minimum Gasteiger partial charge on any atom is -0.378 e. The highest BCUT2D eigenvalue weighted by atomic mass is 19.1. The molecule has 0 spiro atoms. The molecular weight excluding hydrogens is 255 g/mol. The first-order valence-electron chi connectivity index (χ1n) is 7.49. The molecule has 1 aromatic carbocycles. The van der Waals surface area contributed by atoms with E-state index in [0.717, 1.165) is 44.7 Å². The summed E-state index contributed by atoms with van der Waals surface area (Å²) in [6.07, 6.45) is 2.01. The molecule has 0 aliphatic carbocycles. The number of nitrogens with one attached hydrogen (secondary N) is 1. The molecule has 1 fully saturated rings. The smallest absolute Gasteiger partial charge is 0.127 e. The highest BCUT2D eigenvalue weighted by Gasteiger charge is 2.22. The van der Waals surface area contributed by atoms with Gasteiger partial charge in [0, 0.05) is 30.7 Å². The molecule has 2 atom stereocenters. The zero-order valence-corrected chi connectivity index (χ0v) is 12.4. The van der Waals surface area contributed by atoms with Crippen LogP contribution < -0.4 is 5.32 Å². The van der Waals surface area contributed by atoms with E-state index in [4.69, 9.17) is 4.74 Å². The van der Waals surface area contributed by atoms with Gasteiger partial charge in [-0.05, 0) is 26.0 Å². The molecule has 0 radical (unpaired) electrons. The first-order valence-corrected chi connectivity index (χ1v) is 7.49. The Morgan fingerprint density at radius 2 is 2.25 bits per heavy atom. The van der Waals surface area contributed by atoms with Crippen molar-refractivity contribution in [3.05, 3.63) is 35.6 Å². The molecule has 2 unspecified atom stereocenters. The lowest BCUT2D eigenvalue weighted by atomic mass is 10.0. The van der Waals surface area contributed by atoms with Gasteiger partial charge in [0.2, 0.25) is 0 Å². The summed E-state index contributed by atoms with van der Waals surface area (Å²) in [7, 11) is 1.90. The van der Waals surface area contributed by atoms with Crippen LogP contribution in [0.5, 0.6) is 0 Å². The Kier molecular flexibility index (Phi) is 5.95. The summed E-state index contributed by atoms with van der Waals surface area (Å²) < 4.78 is 19.4. The van der Waals surface area contributed by atoms with Crippen LogP contribution in [0.15, 0.2) is 24.3 Å². The molecule has 20 heavy (non-hydrogen) atoms. The largest absolute Gasteiger partial charge is 0.378 e. The van der Waals surface area contributed by atoms with E-state index in [2.05, 4.69) is 17.1 Å². The van der Waals surface area contributed by atoms with E-state index in [9.17, 15) is 4.39 Å². The van der Waals surface area contributed by atoms with E-state index in [1.807, 2.05) is 19.2 Å². The Hall–Kier alpha value is -0.970. The Morgan fingerprint density at radius 3 is 2.95 bits per heavy atom. The fraction of sp³-hybridized carbons (Fsp3) is 0.625. The number of hydrogen-bond acceptors (Lipinski definition) is 3. The van der Waals surface area contributed by atoms with Crippen molar-refractivity contribution >= 4 is 0 Å². The summed E-state index contributed by atoms with van der Waals surface area (Å²) in [5, 5.41) is 3.23. The van der Waals surface area contributed by atoms with Gasteiger partial charge in [0.05, 0.1) is 13.2 Å². The third kappa shape index (κ3) is 3.78. The number of morpholine rings is 1. The van der Waals surface area contributed by atoms with Gasteiger partial charge in [-0.15, -0.1) is 0 Å². The van der Waals surface area contributed by atoms with E-state index in [1.165, 1.54) is 6.07 Å². The topological polar surface area (TPSA) is 24.5 Å². The van der Waals surface area contributed by atoms with Gasteiger partial charge in [-0.2, -0.15) is 0 Å². The van der Waals surface area contributed by atoms with Crippen molar-refractivity contribution in [3.63, 3.8) is 0 Å². The molecule has 0 bridgehead atoms. The first-order chi connectivity index (χ1) is 9.76. The van der Waals surface area contributed by atoms with E-state index in [1.54, 1.807) is 6.07 Å². The Morgan fingerprint density at radius 1 is 1.45 bits per heavy atom. The van der Waals surface area contributed by atoms with Crippen molar-refractivity contribution in [3.8, 4) is 0 Å². The van der Waals surface area contributed by atoms with Crippen LogP contribution in [0.25, 0.3) is 0 Å². The van der Waals surface area contributed by atoms with Crippen molar-refractivity contribution in [2.45, 2.75) is 31.8 Å². The Labute approximate surface area is 121 Å². The molecule has 1 aliphatic heterocycles. The summed E-state index contributed by atoms with van der Waals surface area (Å²) in [4.78, 5) is 2.47. The molecule has 1 aromatic rings. The first kappa shape index (κ1) is 15.4. The van der Waals surface area contributed by atoms with E-state index in [-0.39, 0.29) is 11.9 Å². The molecule has 1 heterocycles. The summed E-state index contributed by atoms with van der Waals surface area (Å²) in [5.41, 5.74) is 0.760. The van der Waals surface area contributed by atoms with Crippen molar-refractivity contribution in [1.82, 2.24) is 10.2 Å². The fourth-order valence-corrected chi connectivity index (χ4v) is 2.87. The van der Waals surface area contributed by atoms with E-state index < -0.39 is 0 Å². The van der Waals surface area contributed by atoms with Crippen LogP contribution in [0, 0.1) is 5.82 Å². The Bertz CT molecular complexity index is 413. The molecule has 0 amide bonds. The van der Waals surface area contributed by atoms with Crippen LogP contribution >= 0.6 is 0 Å². The molecule has 1 saturated heterocycles. The predicted octanol–water partition coefficient (Wildman–Crippen LogP) is 2.59. The van der Waals surface area contributed by atoms with Crippen molar-refractivity contribution < 1.29 is 9.13 Å². The predicted molar refractivity (Wildman–Crippen MR) is 79.3 cm³/mol. The molecule has 4 heteroatoms.